The zero-order valence-electron chi connectivity index (χ0n) is 74.0. The minimum absolute atomic E-state index is 0.566. The Hall–Kier alpha value is -14.3. The summed E-state index contributed by atoms with van der Waals surface area (Å²) in [5, 5.41) is 46.7. The second kappa shape index (κ2) is 43.0. The van der Waals surface area contributed by atoms with Gasteiger partial charge in [0.1, 0.15) is 0 Å². The Kier molecular flexibility index (Phi) is 28.7. The summed E-state index contributed by atoms with van der Waals surface area (Å²) < 4.78 is 5.76. The zero-order chi connectivity index (χ0) is 92.6. The highest BCUT2D eigenvalue weighted by Gasteiger charge is 2.23. The van der Waals surface area contributed by atoms with E-state index in [0.717, 1.165) is 46.1 Å². The van der Waals surface area contributed by atoms with Gasteiger partial charge in [0.05, 0.1) is 0 Å². The summed E-state index contributed by atoms with van der Waals surface area (Å²) >= 11 is 18.2. The first-order chi connectivity index (χ1) is 67.0. The first-order valence-electron chi connectivity index (χ1n) is 45.3. The summed E-state index contributed by atoms with van der Waals surface area (Å²) in [7, 11) is -1.50. The Morgan fingerprint density at radius 2 is 0.375 bits per heavy atom. The maximum absolute atomic E-state index is 9.94. The summed E-state index contributed by atoms with van der Waals surface area (Å²) in [6.07, 6.45) is 0. The minimum atomic E-state index is -1.50. The minimum Gasteiger partial charge on any atom is -0.423 e. The molecule has 2 N–H and O–H groups in total. The molecule has 0 aliphatic heterocycles. The second-order valence-electron chi connectivity index (χ2n) is 33.0. The molecule has 0 saturated carbocycles. The van der Waals surface area contributed by atoms with Gasteiger partial charge in [0, 0.05) is 27.7 Å². The molecule has 0 aliphatic carbocycles. The van der Waals surface area contributed by atoms with Gasteiger partial charge in [0.2, 0.25) is 0 Å². The van der Waals surface area contributed by atoms with Gasteiger partial charge in [-0.3, -0.25) is 0 Å². The van der Waals surface area contributed by atoms with Crippen molar-refractivity contribution in [3.8, 4) is 77.9 Å². The molecule has 0 fully saturated rings. The first kappa shape index (κ1) is 90.9. The van der Waals surface area contributed by atoms with Gasteiger partial charge in [-0.2, -0.15) is 0 Å². The fraction of sp³-hybridized carbons (Fsp3) is 0. The monoisotopic (exact) mass is 2060 g/mol. The number of rotatable bonds is 8. The quantitative estimate of drug-likeness (QED) is 0.118. The molecular weight excluding hydrogens is 1980 g/mol. The van der Waals surface area contributed by atoms with Crippen LogP contribution in [-0.4, -0.2) is 17.2 Å². The third-order valence-electron chi connectivity index (χ3n) is 24.8. The standard InChI is InChI=1S/C22H15Br.C22H16.C20H15BO2.C20H13Br.C20H14.C14H9Br.C10H6Br2/c23-21-15-14-19(17-10-5-2-6-11-17)22-18(12-7-13-20(21)22)16-8-3-1-4-9-16;1-3-9-17(10-4-1)20-15-7-13-19-14-8-16-21(22(19)20)18-11-5-2-6-12-18;22-21(23)20-17-12-6-4-10-15(17)19(14-8-2-1-3-9-14)16-11-5-7-13-18(16)20;21-20-17-12-6-4-10-15(17)19(14-8-2-1-3-9-14)16-11-5-7-13-18(16)20;1-2-8-15(9-3-1)20-18-12-6-4-10-16(18)14-17-11-5-7-13-19(17)20;15-14-12-7-3-1-5-10(12)9-11-6-2-4-8-13(11)14;11-8-5-1-3-7-4-2-6-9(12)10(7)8/h1-15H;1-16H;1-13,22-23H;1-13H;1-14H;1-9H;1-6H. The Bertz CT molecular complexity index is 8170. The predicted molar refractivity (Wildman–Crippen MR) is 604 cm³/mol. The van der Waals surface area contributed by atoms with Crippen LogP contribution >= 0.6 is 79.6 Å². The Morgan fingerprint density at radius 1 is 0.147 bits per heavy atom. The number of benzene rings is 25. The third kappa shape index (κ3) is 19.7. The molecule has 0 heterocycles. The average molecular weight is 2070 g/mol. The molecule has 25 rings (SSSR count). The fourth-order valence-electron chi connectivity index (χ4n) is 18.6. The van der Waals surface area contributed by atoms with E-state index in [1.165, 1.54) is 173 Å². The zero-order valence-corrected chi connectivity index (χ0v) is 81.9. The molecule has 0 saturated heterocycles. The van der Waals surface area contributed by atoms with E-state index in [2.05, 4.69) is 510 Å². The van der Waals surface area contributed by atoms with Crippen LogP contribution in [0.3, 0.4) is 0 Å². The number of halogens is 5. The van der Waals surface area contributed by atoms with Crippen LogP contribution in [0.4, 0.5) is 0 Å². The fourth-order valence-corrected chi connectivity index (χ4v) is 22.0. The normalized spacial score (nSPS) is 10.9. The van der Waals surface area contributed by atoms with Crippen molar-refractivity contribution >= 4 is 211 Å². The van der Waals surface area contributed by atoms with Crippen molar-refractivity contribution < 1.29 is 10.0 Å². The molecule has 0 aliphatic rings. The summed E-state index contributed by atoms with van der Waals surface area (Å²) in [4.78, 5) is 0. The van der Waals surface area contributed by atoms with Crippen LogP contribution < -0.4 is 5.46 Å². The van der Waals surface area contributed by atoms with E-state index in [9.17, 15) is 10.0 Å². The van der Waals surface area contributed by atoms with Crippen LogP contribution in [0.15, 0.2) is 544 Å². The molecule has 25 aromatic rings. The van der Waals surface area contributed by atoms with Crippen LogP contribution in [0.25, 0.3) is 196 Å². The molecular formula is C128H88BBr5O2. The maximum atomic E-state index is 9.94. The average Bonchev–Trinajstić information content (AvgIpc) is 0.737. The number of hydrogen-bond acceptors (Lipinski definition) is 2. The van der Waals surface area contributed by atoms with E-state index in [-0.39, 0.29) is 0 Å². The van der Waals surface area contributed by atoms with Crippen molar-refractivity contribution in [2.75, 3.05) is 0 Å². The lowest BCUT2D eigenvalue weighted by Crippen LogP contribution is -2.31. The molecule has 2 nitrogen and oxygen atoms in total. The molecule has 0 unspecified atom stereocenters. The lowest BCUT2D eigenvalue weighted by molar-refractivity contribution is 0.426. The van der Waals surface area contributed by atoms with Crippen LogP contribution in [0.1, 0.15) is 0 Å². The molecule has 0 aromatic heterocycles. The van der Waals surface area contributed by atoms with Gasteiger partial charge in [0.15, 0.2) is 0 Å². The molecule has 8 heteroatoms. The molecule has 0 radical (unpaired) electrons. The van der Waals surface area contributed by atoms with Crippen molar-refractivity contribution in [2.24, 2.45) is 0 Å². The Balaban J connectivity index is 0.000000103. The van der Waals surface area contributed by atoms with E-state index >= 15 is 0 Å². The molecule has 650 valence electrons. The third-order valence-corrected chi connectivity index (χ3v) is 28.5. The first-order valence-corrected chi connectivity index (χ1v) is 49.2. The number of hydrogen-bond donors (Lipinski definition) is 2. The Labute approximate surface area is 835 Å². The van der Waals surface area contributed by atoms with Crippen molar-refractivity contribution in [1.29, 1.82) is 0 Å². The lowest BCUT2D eigenvalue weighted by atomic mass is 9.72. The van der Waals surface area contributed by atoms with Crippen LogP contribution in [0.5, 0.6) is 0 Å². The van der Waals surface area contributed by atoms with Gasteiger partial charge in [-0.15, -0.1) is 0 Å². The van der Waals surface area contributed by atoms with Gasteiger partial charge < -0.3 is 10.0 Å². The van der Waals surface area contributed by atoms with Gasteiger partial charge >= 0.3 is 7.12 Å². The summed E-state index contributed by atoms with van der Waals surface area (Å²) in [6, 6.07) is 182. The van der Waals surface area contributed by atoms with Gasteiger partial charge in [-0.1, -0.05) is 539 Å². The van der Waals surface area contributed by atoms with Crippen LogP contribution in [-0.2, 0) is 0 Å². The van der Waals surface area contributed by atoms with Gasteiger partial charge in [-0.25, -0.2) is 0 Å². The summed E-state index contributed by atoms with van der Waals surface area (Å²) in [5.41, 5.74) is 18.1. The van der Waals surface area contributed by atoms with Crippen LogP contribution in [0.2, 0.25) is 0 Å². The van der Waals surface area contributed by atoms with E-state index in [1.807, 2.05) is 91.0 Å². The molecule has 0 bridgehead atoms. The highest BCUT2D eigenvalue weighted by atomic mass is 79.9. The van der Waals surface area contributed by atoms with Crippen molar-refractivity contribution in [1.82, 2.24) is 0 Å². The smallest absolute Gasteiger partial charge is 0.423 e. The van der Waals surface area contributed by atoms with E-state index in [0.29, 0.717) is 5.46 Å². The molecule has 0 amide bonds. The number of fused-ring (bicyclic) bond motifs is 11. The van der Waals surface area contributed by atoms with E-state index in [1.54, 1.807) is 0 Å². The van der Waals surface area contributed by atoms with Crippen LogP contribution in [0, 0.1) is 0 Å². The highest BCUT2D eigenvalue weighted by molar-refractivity contribution is 9.11. The summed E-state index contributed by atoms with van der Waals surface area (Å²) in [5.74, 6) is 0. The van der Waals surface area contributed by atoms with Crippen molar-refractivity contribution in [3.05, 3.63) is 544 Å². The van der Waals surface area contributed by atoms with E-state index in [4.69, 9.17) is 0 Å². The second-order valence-corrected chi connectivity index (χ2v) is 37.2. The van der Waals surface area contributed by atoms with Gasteiger partial charge in [0.25, 0.3) is 0 Å². The van der Waals surface area contributed by atoms with Gasteiger partial charge in [-0.05, 0) is 259 Å². The largest absolute Gasteiger partial charge is 0.489 e. The molecule has 136 heavy (non-hydrogen) atoms. The molecule has 0 spiro atoms. The highest BCUT2D eigenvalue weighted by Crippen LogP contribution is 2.46. The maximum Gasteiger partial charge on any atom is 0.489 e. The van der Waals surface area contributed by atoms with Crippen molar-refractivity contribution in [3.63, 3.8) is 0 Å². The van der Waals surface area contributed by atoms with E-state index < -0.39 is 7.12 Å². The SMILES string of the molecule is Brc1c2ccccc2c(-c2ccccc2)c2ccccc12.Brc1c2ccccc2cc2ccccc12.Brc1ccc(-c2ccccc2)c2c(-c3ccccc3)cccc12.Brc1cccc2cccc(Br)c12.OB(O)c1c2ccccc2c(-c2ccccc2)c2ccccc12.c1ccc(-c2c3ccccc3cc3ccccc23)cc1.c1ccc(-c2cccc3cccc(-c4ccccc4)c23)cc1. The van der Waals surface area contributed by atoms with Crippen molar-refractivity contribution in [2.45, 2.75) is 0 Å². The summed E-state index contributed by atoms with van der Waals surface area (Å²) in [6.45, 7) is 0. The lowest BCUT2D eigenvalue weighted by Gasteiger charge is -2.16. The molecule has 0 atom stereocenters. The predicted octanol–water partition coefficient (Wildman–Crippen LogP) is 37.7. The Morgan fingerprint density at radius 3 is 0.721 bits per heavy atom. The molecule has 25 aromatic carbocycles. The topological polar surface area (TPSA) is 40.5 Å².